The fourth-order valence-electron chi connectivity index (χ4n) is 3.13. The zero-order chi connectivity index (χ0) is 25.4. The first-order chi connectivity index (χ1) is 16.7. The van der Waals surface area contributed by atoms with Crippen molar-refractivity contribution in [1.82, 2.24) is 0 Å². The van der Waals surface area contributed by atoms with E-state index in [-0.39, 0.29) is 11.5 Å². The minimum absolute atomic E-state index is 0.0338. The molecule has 0 aliphatic rings. The summed E-state index contributed by atoms with van der Waals surface area (Å²) < 4.78 is 49.7. The predicted octanol–water partition coefficient (Wildman–Crippen LogP) is 5.60. The van der Waals surface area contributed by atoms with E-state index in [2.05, 4.69) is 5.32 Å². The molecule has 0 aliphatic heterocycles. The molecule has 1 amide bonds. The van der Waals surface area contributed by atoms with E-state index in [1.165, 1.54) is 18.2 Å². The van der Waals surface area contributed by atoms with Crippen LogP contribution in [0.3, 0.4) is 0 Å². The largest absolute Gasteiger partial charge is 0.482 e. The second-order valence-corrected chi connectivity index (χ2v) is 7.44. The molecule has 0 fully saturated rings. The normalized spacial score (nSPS) is 11.9. The monoisotopic (exact) mass is 485 g/mol. The molecule has 3 aromatic carbocycles. The number of carbonyl (C=O) groups excluding carboxylic acids is 3. The van der Waals surface area contributed by atoms with E-state index >= 15 is 0 Å². The molecule has 0 saturated carbocycles. The average molecular weight is 485 g/mol. The van der Waals surface area contributed by atoms with Gasteiger partial charge in [-0.15, -0.1) is 0 Å². The Labute approximate surface area is 199 Å². The molecule has 0 heterocycles. The van der Waals surface area contributed by atoms with E-state index in [4.69, 9.17) is 9.47 Å². The molecule has 1 N–H and O–H groups in total. The van der Waals surface area contributed by atoms with E-state index in [0.717, 1.165) is 18.2 Å². The van der Waals surface area contributed by atoms with Crippen molar-refractivity contribution in [2.45, 2.75) is 25.6 Å². The summed E-state index contributed by atoms with van der Waals surface area (Å²) in [5, 5.41) is 2.37. The molecule has 9 heteroatoms. The maximum Gasteiger partial charge on any atom is 0.416 e. The molecule has 0 radical (unpaired) electrons. The van der Waals surface area contributed by atoms with Crippen LogP contribution in [-0.4, -0.2) is 24.3 Å². The first-order valence-electron chi connectivity index (χ1n) is 10.7. The fourth-order valence-corrected chi connectivity index (χ4v) is 3.13. The lowest BCUT2D eigenvalue weighted by Gasteiger charge is -2.19. The Kier molecular flexibility index (Phi) is 8.25. The maximum atomic E-state index is 13.0. The number of alkyl halides is 3. The molecule has 182 valence electrons. The topological polar surface area (TPSA) is 81.7 Å². The van der Waals surface area contributed by atoms with Gasteiger partial charge in [0.15, 0.2) is 12.4 Å². The molecular formula is C26H22F3NO5. The number of esters is 1. The summed E-state index contributed by atoms with van der Waals surface area (Å²) in [4.78, 5) is 37.0. The molecule has 3 aromatic rings. The molecular weight excluding hydrogens is 463 g/mol. The summed E-state index contributed by atoms with van der Waals surface area (Å²) >= 11 is 0. The Hall–Kier alpha value is -4.14. The standard InChI is InChI=1S/C26H22F3NO5/c1-2-22(31)17-11-13-21(14-12-17)34-16-23(32)35-24(18-7-4-3-5-8-18)25(33)30-20-10-6-9-19(15-20)26(27,28)29/h3-15,24H,2,16H2,1H3,(H,30,33). The van der Waals surface area contributed by atoms with Gasteiger partial charge >= 0.3 is 12.1 Å². The number of Topliss-reactive ketones (excluding diaryl/α,β-unsaturated/α-hetero) is 1. The molecule has 1 atom stereocenters. The summed E-state index contributed by atoms with van der Waals surface area (Å²) in [6.07, 6.45) is -5.65. The third-order valence-corrected chi connectivity index (χ3v) is 4.90. The lowest BCUT2D eigenvalue weighted by molar-refractivity contribution is -0.156. The van der Waals surface area contributed by atoms with Gasteiger partial charge in [0.2, 0.25) is 6.10 Å². The van der Waals surface area contributed by atoms with E-state index in [9.17, 15) is 27.6 Å². The molecule has 0 aliphatic carbocycles. The first-order valence-corrected chi connectivity index (χ1v) is 10.7. The summed E-state index contributed by atoms with van der Waals surface area (Å²) in [7, 11) is 0. The number of nitrogens with one attached hydrogen (secondary N) is 1. The van der Waals surface area contributed by atoms with Crippen molar-refractivity contribution in [2.75, 3.05) is 11.9 Å². The summed E-state index contributed by atoms with van der Waals surface area (Å²) in [5.74, 6) is -1.41. The highest BCUT2D eigenvalue weighted by Gasteiger charge is 2.31. The Balaban J connectivity index is 1.69. The van der Waals surface area contributed by atoms with Crippen LogP contribution < -0.4 is 10.1 Å². The Morgan fingerprint density at radius 1 is 0.914 bits per heavy atom. The summed E-state index contributed by atoms with van der Waals surface area (Å²) in [6, 6.07) is 18.4. The van der Waals surface area contributed by atoms with Gasteiger partial charge in [0.25, 0.3) is 5.91 Å². The summed E-state index contributed by atoms with van der Waals surface area (Å²) in [6.45, 7) is 1.22. The highest BCUT2D eigenvalue weighted by molar-refractivity contribution is 5.96. The second kappa shape index (κ2) is 11.3. The van der Waals surface area contributed by atoms with E-state index in [1.807, 2.05) is 0 Å². The van der Waals surface area contributed by atoms with Gasteiger partial charge in [-0.25, -0.2) is 4.79 Å². The van der Waals surface area contributed by atoms with Gasteiger partial charge < -0.3 is 14.8 Å². The highest BCUT2D eigenvalue weighted by atomic mass is 19.4. The maximum absolute atomic E-state index is 13.0. The lowest BCUT2D eigenvalue weighted by Crippen LogP contribution is -2.28. The van der Waals surface area contributed by atoms with Gasteiger partial charge in [0, 0.05) is 23.2 Å². The lowest BCUT2D eigenvalue weighted by atomic mass is 10.1. The molecule has 35 heavy (non-hydrogen) atoms. The van der Waals surface area contributed by atoms with Crippen molar-refractivity contribution in [1.29, 1.82) is 0 Å². The molecule has 3 rings (SSSR count). The quantitative estimate of drug-likeness (QED) is 0.315. The Bertz CT molecular complexity index is 1180. The molecule has 0 aromatic heterocycles. The highest BCUT2D eigenvalue weighted by Crippen LogP contribution is 2.31. The van der Waals surface area contributed by atoms with Crippen LogP contribution in [0.4, 0.5) is 18.9 Å². The van der Waals surface area contributed by atoms with Gasteiger partial charge in [0.05, 0.1) is 5.56 Å². The van der Waals surface area contributed by atoms with Crippen LogP contribution in [-0.2, 0) is 20.5 Å². The minimum Gasteiger partial charge on any atom is -0.482 e. The zero-order valence-electron chi connectivity index (χ0n) is 18.7. The molecule has 0 bridgehead atoms. The van der Waals surface area contributed by atoms with Crippen LogP contribution in [0, 0.1) is 0 Å². The number of anilines is 1. The van der Waals surface area contributed by atoms with Crippen LogP contribution in [0.2, 0.25) is 0 Å². The number of halogens is 3. The van der Waals surface area contributed by atoms with Crippen LogP contribution >= 0.6 is 0 Å². The van der Waals surface area contributed by atoms with Gasteiger partial charge in [0.1, 0.15) is 5.75 Å². The van der Waals surface area contributed by atoms with Crippen LogP contribution in [0.15, 0.2) is 78.9 Å². The SMILES string of the molecule is CCC(=O)c1ccc(OCC(=O)OC(C(=O)Nc2cccc(C(F)(F)F)c2)c2ccccc2)cc1. The Morgan fingerprint density at radius 3 is 2.23 bits per heavy atom. The third kappa shape index (κ3) is 7.17. The van der Waals surface area contributed by atoms with Crippen molar-refractivity contribution in [3.05, 3.63) is 95.6 Å². The second-order valence-electron chi connectivity index (χ2n) is 7.44. The van der Waals surface area contributed by atoms with Crippen molar-refractivity contribution >= 4 is 23.3 Å². The number of carbonyl (C=O) groups is 3. The molecule has 0 spiro atoms. The van der Waals surface area contributed by atoms with E-state index in [1.54, 1.807) is 49.4 Å². The predicted molar refractivity (Wildman–Crippen MR) is 122 cm³/mol. The smallest absolute Gasteiger partial charge is 0.416 e. The number of amides is 1. The van der Waals surface area contributed by atoms with Crippen LogP contribution in [0.1, 0.15) is 40.9 Å². The van der Waals surface area contributed by atoms with Gasteiger partial charge in [-0.05, 0) is 42.5 Å². The average Bonchev–Trinajstić information content (AvgIpc) is 2.86. The van der Waals surface area contributed by atoms with Gasteiger partial charge in [-0.1, -0.05) is 43.3 Å². The van der Waals surface area contributed by atoms with Crippen molar-refractivity contribution < 1.29 is 37.0 Å². The van der Waals surface area contributed by atoms with Gasteiger partial charge in [-0.3, -0.25) is 9.59 Å². The third-order valence-electron chi connectivity index (χ3n) is 4.90. The number of benzene rings is 3. The van der Waals surface area contributed by atoms with Gasteiger partial charge in [-0.2, -0.15) is 13.2 Å². The van der Waals surface area contributed by atoms with Crippen molar-refractivity contribution in [3.8, 4) is 5.75 Å². The van der Waals surface area contributed by atoms with Crippen LogP contribution in [0.25, 0.3) is 0 Å². The van der Waals surface area contributed by atoms with E-state index in [0.29, 0.717) is 23.3 Å². The van der Waals surface area contributed by atoms with Crippen LogP contribution in [0.5, 0.6) is 5.75 Å². The first kappa shape index (κ1) is 25.5. The van der Waals surface area contributed by atoms with E-state index < -0.39 is 36.3 Å². The summed E-state index contributed by atoms with van der Waals surface area (Å²) in [5.41, 5.74) is -0.186. The molecule has 0 saturated heterocycles. The Morgan fingerprint density at radius 2 is 1.60 bits per heavy atom. The minimum atomic E-state index is -4.58. The number of rotatable bonds is 9. The van der Waals surface area contributed by atoms with Crippen molar-refractivity contribution in [3.63, 3.8) is 0 Å². The fraction of sp³-hybridized carbons (Fsp3) is 0.192. The van der Waals surface area contributed by atoms with Crippen molar-refractivity contribution in [2.24, 2.45) is 0 Å². The number of ketones is 1. The zero-order valence-corrected chi connectivity index (χ0v) is 18.7. The number of hydrogen-bond acceptors (Lipinski definition) is 5. The number of hydrogen-bond donors (Lipinski definition) is 1. The molecule has 6 nitrogen and oxygen atoms in total. The number of ether oxygens (including phenoxy) is 2. The molecule has 1 unspecified atom stereocenters.